The summed E-state index contributed by atoms with van der Waals surface area (Å²) < 4.78 is 0. The number of fused-ring (bicyclic) bond motifs is 1. The highest BCUT2D eigenvalue weighted by Gasteiger charge is 2.08. The summed E-state index contributed by atoms with van der Waals surface area (Å²) in [6.45, 7) is 0.955. The minimum Gasteiger partial charge on any atom is -0.332 e. The first-order chi connectivity index (χ1) is 5.47. The highest BCUT2D eigenvalue weighted by atomic mass is 15.2. The van der Waals surface area contributed by atoms with E-state index in [0.717, 1.165) is 18.8 Å². The smallest absolute Gasteiger partial charge is 0.112 e. The van der Waals surface area contributed by atoms with Gasteiger partial charge in [-0.25, -0.2) is 4.99 Å². The molecule has 0 aromatic carbocycles. The zero-order chi connectivity index (χ0) is 7.52. The number of hydrogen-bond donors (Lipinski definition) is 0. The highest BCUT2D eigenvalue weighted by molar-refractivity contribution is 5.86. The molecule has 0 saturated carbocycles. The summed E-state index contributed by atoms with van der Waals surface area (Å²) in [6.07, 6.45) is 13.2. The maximum absolute atomic E-state index is 4.27. The fourth-order valence-corrected chi connectivity index (χ4v) is 1.20. The summed E-state index contributed by atoms with van der Waals surface area (Å²) in [6, 6.07) is 0. The highest BCUT2D eigenvalue weighted by Crippen LogP contribution is 2.08. The van der Waals surface area contributed by atoms with Gasteiger partial charge in [-0.2, -0.15) is 0 Å². The Morgan fingerprint density at radius 3 is 3.27 bits per heavy atom. The lowest BCUT2D eigenvalue weighted by Gasteiger charge is -2.20. The van der Waals surface area contributed by atoms with Gasteiger partial charge in [-0.1, -0.05) is 12.2 Å². The fraction of sp³-hybridized carbons (Fsp3) is 0.222. The Hall–Kier alpha value is -1.31. The van der Waals surface area contributed by atoms with Crippen molar-refractivity contribution in [3.8, 4) is 0 Å². The van der Waals surface area contributed by atoms with Crippen LogP contribution in [0.5, 0.6) is 0 Å². The van der Waals surface area contributed by atoms with Crippen LogP contribution in [0, 0.1) is 0 Å². The second-order valence-corrected chi connectivity index (χ2v) is 2.56. The molecule has 0 saturated heterocycles. The Morgan fingerprint density at radius 1 is 1.27 bits per heavy atom. The molecule has 11 heavy (non-hydrogen) atoms. The lowest BCUT2D eigenvalue weighted by Crippen LogP contribution is -2.26. The molecular weight excluding hydrogens is 136 g/mol. The molecule has 0 amide bonds. The molecule has 2 aliphatic heterocycles. The van der Waals surface area contributed by atoms with Crippen LogP contribution >= 0.6 is 0 Å². The van der Waals surface area contributed by atoms with Crippen molar-refractivity contribution < 1.29 is 0 Å². The van der Waals surface area contributed by atoms with Gasteiger partial charge < -0.3 is 4.90 Å². The molecule has 2 nitrogen and oxygen atoms in total. The van der Waals surface area contributed by atoms with Gasteiger partial charge in [0, 0.05) is 25.4 Å². The van der Waals surface area contributed by atoms with Crippen LogP contribution in [0.4, 0.5) is 0 Å². The average molecular weight is 146 g/mol. The fourth-order valence-electron chi connectivity index (χ4n) is 1.20. The van der Waals surface area contributed by atoms with Crippen LogP contribution in [0.25, 0.3) is 0 Å². The molecule has 0 radical (unpaired) electrons. The molecule has 0 bridgehead atoms. The van der Waals surface area contributed by atoms with Crippen molar-refractivity contribution in [1.82, 2.24) is 4.90 Å². The third kappa shape index (κ3) is 1.24. The first-order valence-corrected chi connectivity index (χ1v) is 3.78. The zero-order valence-corrected chi connectivity index (χ0v) is 6.27. The van der Waals surface area contributed by atoms with Crippen molar-refractivity contribution in [1.29, 1.82) is 0 Å². The first-order valence-electron chi connectivity index (χ1n) is 3.78. The van der Waals surface area contributed by atoms with E-state index in [9.17, 15) is 0 Å². The van der Waals surface area contributed by atoms with Crippen molar-refractivity contribution in [2.75, 3.05) is 6.54 Å². The van der Waals surface area contributed by atoms with Gasteiger partial charge >= 0.3 is 0 Å². The Labute approximate surface area is 66.2 Å². The Morgan fingerprint density at radius 2 is 2.27 bits per heavy atom. The van der Waals surface area contributed by atoms with Crippen molar-refractivity contribution in [2.45, 2.75) is 6.42 Å². The van der Waals surface area contributed by atoms with Gasteiger partial charge in [-0.15, -0.1) is 0 Å². The van der Waals surface area contributed by atoms with Gasteiger partial charge in [0.1, 0.15) is 5.84 Å². The molecule has 0 atom stereocenters. The van der Waals surface area contributed by atoms with Gasteiger partial charge in [-0.3, -0.25) is 0 Å². The normalized spacial score (nSPS) is 21.1. The van der Waals surface area contributed by atoms with Crippen molar-refractivity contribution >= 4 is 5.84 Å². The van der Waals surface area contributed by atoms with Crippen LogP contribution in [0.2, 0.25) is 0 Å². The number of amidine groups is 1. The van der Waals surface area contributed by atoms with Gasteiger partial charge in [0.05, 0.1) is 0 Å². The molecule has 0 N–H and O–H groups in total. The summed E-state index contributed by atoms with van der Waals surface area (Å²) in [5.74, 6) is 1.14. The molecule has 0 spiro atoms. The molecular formula is C9H10N2. The molecule has 2 aliphatic rings. The van der Waals surface area contributed by atoms with Crippen LogP contribution in [0.15, 0.2) is 41.7 Å². The van der Waals surface area contributed by atoms with E-state index in [1.807, 2.05) is 12.3 Å². The molecule has 2 heterocycles. The van der Waals surface area contributed by atoms with Crippen molar-refractivity contribution in [3.63, 3.8) is 0 Å². The zero-order valence-electron chi connectivity index (χ0n) is 6.27. The standard InChI is InChI=1S/C9H10N2/c1-2-5-9-10-6-4-8-11(9)7-3-1/h1-4,6-7H,5,8H2. The monoisotopic (exact) mass is 146 g/mol. The van der Waals surface area contributed by atoms with Crippen molar-refractivity contribution in [3.05, 3.63) is 36.7 Å². The molecule has 0 aromatic rings. The van der Waals surface area contributed by atoms with Gasteiger partial charge in [0.2, 0.25) is 0 Å². The average Bonchev–Trinajstić information content (AvgIpc) is 2.28. The summed E-state index contributed by atoms with van der Waals surface area (Å²) in [4.78, 5) is 6.42. The van der Waals surface area contributed by atoms with E-state index < -0.39 is 0 Å². The third-order valence-electron chi connectivity index (χ3n) is 1.78. The quantitative estimate of drug-likeness (QED) is 0.507. The molecule has 2 heteroatoms. The van der Waals surface area contributed by atoms with Crippen LogP contribution in [0.3, 0.4) is 0 Å². The molecule has 0 aliphatic carbocycles. The SMILES string of the molecule is C1=CCC2=NC=CCN2C=C1. The lowest BCUT2D eigenvalue weighted by atomic mass is 10.3. The maximum Gasteiger partial charge on any atom is 0.112 e. The topological polar surface area (TPSA) is 15.6 Å². The van der Waals surface area contributed by atoms with E-state index in [-0.39, 0.29) is 0 Å². The van der Waals surface area contributed by atoms with E-state index in [2.05, 4.69) is 34.3 Å². The summed E-state index contributed by atoms with van der Waals surface area (Å²) in [5, 5.41) is 0. The number of rotatable bonds is 0. The van der Waals surface area contributed by atoms with E-state index in [1.54, 1.807) is 0 Å². The number of aliphatic imine (C=N–C) groups is 1. The Bertz CT molecular complexity index is 259. The van der Waals surface area contributed by atoms with Crippen LogP contribution in [-0.4, -0.2) is 17.3 Å². The Balaban J connectivity index is 2.27. The second-order valence-electron chi connectivity index (χ2n) is 2.56. The second kappa shape index (κ2) is 2.74. The van der Waals surface area contributed by atoms with E-state index in [4.69, 9.17) is 0 Å². The van der Waals surface area contributed by atoms with Gasteiger partial charge in [0.25, 0.3) is 0 Å². The van der Waals surface area contributed by atoms with Crippen LogP contribution in [0.1, 0.15) is 6.42 Å². The summed E-state index contributed by atoms with van der Waals surface area (Å²) in [7, 11) is 0. The number of allylic oxidation sites excluding steroid dienone is 2. The Kier molecular flexibility index (Phi) is 1.60. The third-order valence-corrected chi connectivity index (χ3v) is 1.78. The van der Waals surface area contributed by atoms with Crippen LogP contribution in [-0.2, 0) is 0 Å². The molecule has 0 unspecified atom stereocenters. The van der Waals surface area contributed by atoms with E-state index in [0.29, 0.717) is 0 Å². The minimum atomic E-state index is 0.942. The van der Waals surface area contributed by atoms with Gasteiger partial charge in [0.15, 0.2) is 0 Å². The van der Waals surface area contributed by atoms with Crippen LogP contribution < -0.4 is 0 Å². The molecule has 56 valence electrons. The predicted molar refractivity (Wildman–Crippen MR) is 46.2 cm³/mol. The minimum absolute atomic E-state index is 0.942. The van der Waals surface area contributed by atoms with Crippen molar-refractivity contribution in [2.24, 2.45) is 4.99 Å². The molecule has 0 aromatic heterocycles. The molecule has 2 rings (SSSR count). The molecule has 0 fully saturated rings. The number of hydrogen-bond acceptors (Lipinski definition) is 2. The first kappa shape index (κ1) is 6.40. The largest absolute Gasteiger partial charge is 0.332 e. The van der Waals surface area contributed by atoms with E-state index in [1.165, 1.54) is 0 Å². The summed E-state index contributed by atoms with van der Waals surface area (Å²) >= 11 is 0. The predicted octanol–water partition coefficient (Wildman–Crippen LogP) is 1.69. The van der Waals surface area contributed by atoms with E-state index >= 15 is 0 Å². The maximum atomic E-state index is 4.27. The van der Waals surface area contributed by atoms with Gasteiger partial charge in [-0.05, 0) is 12.2 Å². The lowest BCUT2D eigenvalue weighted by molar-refractivity contribution is 0.605. The number of nitrogens with zero attached hydrogens (tertiary/aromatic N) is 2. The summed E-state index contributed by atoms with van der Waals surface area (Å²) in [5.41, 5.74) is 0.